The smallest absolute Gasteiger partial charge is 0.341 e. The van der Waals surface area contributed by atoms with Gasteiger partial charge in [-0.2, -0.15) is 0 Å². The van der Waals surface area contributed by atoms with Crippen molar-refractivity contribution in [3.63, 3.8) is 0 Å². The number of amides is 1. The van der Waals surface area contributed by atoms with Crippen LogP contribution < -0.4 is 14.2 Å². The number of hydrogen-bond donors (Lipinski definition) is 1. The van der Waals surface area contributed by atoms with Crippen molar-refractivity contribution < 1.29 is 28.9 Å². The van der Waals surface area contributed by atoms with Crippen molar-refractivity contribution in [2.75, 3.05) is 26.9 Å². The lowest BCUT2D eigenvalue weighted by Crippen LogP contribution is -2.26. The second-order valence-electron chi connectivity index (χ2n) is 5.85. The Morgan fingerprint density at radius 1 is 1.08 bits per heavy atom. The normalized spacial score (nSPS) is 12.3. The third kappa shape index (κ3) is 4.24. The minimum Gasteiger partial charge on any atom is -0.486 e. The summed E-state index contributed by atoms with van der Waals surface area (Å²) in [6.07, 6.45) is 0. The van der Waals surface area contributed by atoms with Gasteiger partial charge in [0.25, 0.3) is 5.91 Å². The van der Waals surface area contributed by atoms with E-state index in [4.69, 9.17) is 19.3 Å². The molecule has 1 amide bonds. The first kappa shape index (κ1) is 17.6. The van der Waals surface area contributed by atoms with E-state index in [9.17, 15) is 9.59 Å². The third-order valence-corrected chi connectivity index (χ3v) is 3.84. The first-order valence-corrected chi connectivity index (χ1v) is 8.11. The molecular formula is C19H19NO6. The van der Waals surface area contributed by atoms with Gasteiger partial charge in [-0.1, -0.05) is 12.1 Å². The Morgan fingerprint density at radius 3 is 2.46 bits per heavy atom. The van der Waals surface area contributed by atoms with Gasteiger partial charge in [0.05, 0.1) is 0 Å². The van der Waals surface area contributed by atoms with Gasteiger partial charge in [-0.25, -0.2) is 4.79 Å². The highest BCUT2D eigenvalue weighted by Gasteiger charge is 2.17. The fourth-order valence-electron chi connectivity index (χ4n) is 2.58. The standard InChI is InChI=1S/C19H19NO6/c1-20(11-13-2-5-15(6-3-13)26-12-18(21)22)19(23)14-4-7-16-17(10-14)25-9-8-24-16/h2-7,10H,8-9,11-12H2,1H3,(H,21,22). The predicted molar refractivity (Wildman–Crippen MR) is 92.8 cm³/mol. The second kappa shape index (κ2) is 7.77. The minimum absolute atomic E-state index is 0.131. The van der Waals surface area contributed by atoms with Crippen LogP contribution in [0.4, 0.5) is 0 Å². The summed E-state index contributed by atoms with van der Waals surface area (Å²) in [6.45, 7) is 0.998. The molecule has 0 saturated carbocycles. The van der Waals surface area contributed by atoms with Gasteiger partial charge in [0.1, 0.15) is 19.0 Å². The molecular weight excluding hydrogens is 338 g/mol. The number of fused-ring (bicyclic) bond motifs is 1. The molecule has 0 bridgehead atoms. The molecule has 136 valence electrons. The second-order valence-corrected chi connectivity index (χ2v) is 5.85. The molecule has 3 rings (SSSR count). The molecule has 1 aliphatic heterocycles. The van der Waals surface area contributed by atoms with Crippen LogP contribution in [0.25, 0.3) is 0 Å². The number of hydrogen-bond acceptors (Lipinski definition) is 5. The Hall–Kier alpha value is -3.22. The summed E-state index contributed by atoms with van der Waals surface area (Å²) in [5.41, 5.74) is 1.43. The van der Waals surface area contributed by atoms with Gasteiger partial charge in [0, 0.05) is 19.2 Å². The molecule has 2 aromatic carbocycles. The SMILES string of the molecule is CN(Cc1ccc(OCC(=O)O)cc1)C(=O)c1ccc2c(c1)OCCO2. The van der Waals surface area contributed by atoms with E-state index < -0.39 is 5.97 Å². The zero-order chi connectivity index (χ0) is 18.5. The van der Waals surface area contributed by atoms with Crippen LogP contribution in [0.1, 0.15) is 15.9 Å². The first-order valence-electron chi connectivity index (χ1n) is 8.11. The molecule has 0 spiro atoms. The Balaban J connectivity index is 1.63. The molecule has 26 heavy (non-hydrogen) atoms. The number of carboxylic acids is 1. The molecule has 1 heterocycles. The molecule has 7 nitrogen and oxygen atoms in total. The lowest BCUT2D eigenvalue weighted by Gasteiger charge is -2.21. The van der Waals surface area contributed by atoms with Crippen LogP contribution in [0, 0.1) is 0 Å². The molecule has 0 unspecified atom stereocenters. The van der Waals surface area contributed by atoms with Gasteiger partial charge in [-0.05, 0) is 35.9 Å². The van der Waals surface area contributed by atoms with Crippen LogP contribution in [0.5, 0.6) is 17.2 Å². The lowest BCUT2D eigenvalue weighted by molar-refractivity contribution is -0.139. The number of carbonyl (C=O) groups excluding carboxylic acids is 1. The molecule has 2 aromatic rings. The molecule has 0 fully saturated rings. The summed E-state index contributed by atoms with van der Waals surface area (Å²) in [4.78, 5) is 24.7. The summed E-state index contributed by atoms with van der Waals surface area (Å²) in [5.74, 6) is 0.534. The summed E-state index contributed by atoms with van der Waals surface area (Å²) < 4.78 is 16.1. The van der Waals surface area contributed by atoms with Crippen molar-refractivity contribution in [2.45, 2.75) is 6.54 Å². The van der Waals surface area contributed by atoms with E-state index in [-0.39, 0.29) is 12.5 Å². The van der Waals surface area contributed by atoms with Crippen LogP contribution in [-0.2, 0) is 11.3 Å². The van der Waals surface area contributed by atoms with Crippen molar-refractivity contribution in [1.29, 1.82) is 0 Å². The van der Waals surface area contributed by atoms with Gasteiger partial charge in [-0.15, -0.1) is 0 Å². The summed E-state index contributed by atoms with van der Waals surface area (Å²) >= 11 is 0. The Morgan fingerprint density at radius 2 is 1.77 bits per heavy atom. The van der Waals surface area contributed by atoms with Gasteiger partial charge in [-0.3, -0.25) is 4.79 Å². The Bertz CT molecular complexity index is 802. The minimum atomic E-state index is -1.03. The maximum atomic E-state index is 12.6. The number of aliphatic carboxylic acids is 1. The highest BCUT2D eigenvalue weighted by molar-refractivity contribution is 5.94. The third-order valence-electron chi connectivity index (χ3n) is 3.84. The molecule has 0 aromatic heterocycles. The van der Waals surface area contributed by atoms with Crippen molar-refractivity contribution in [1.82, 2.24) is 4.90 Å². The maximum absolute atomic E-state index is 12.6. The van der Waals surface area contributed by atoms with E-state index >= 15 is 0 Å². The van der Waals surface area contributed by atoms with Crippen LogP contribution in [-0.4, -0.2) is 48.8 Å². The largest absolute Gasteiger partial charge is 0.486 e. The molecule has 1 aliphatic rings. The molecule has 0 aliphatic carbocycles. The Labute approximate surface area is 150 Å². The van der Waals surface area contributed by atoms with Crippen molar-refractivity contribution in [3.8, 4) is 17.2 Å². The molecule has 0 radical (unpaired) electrons. The lowest BCUT2D eigenvalue weighted by atomic mass is 10.1. The maximum Gasteiger partial charge on any atom is 0.341 e. The van der Waals surface area contributed by atoms with E-state index in [1.54, 1.807) is 54.4 Å². The van der Waals surface area contributed by atoms with E-state index in [0.717, 1.165) is 5.56 Å². The molecule has 7 heteroatoms. The molecule has 0 atom stereocenters. The van der Waals surface area contributed by atoms with E-state index in [2.05, 4.69) is 0 Å². The van der Waals surface area contributed by atoms with Crippen LogP contribution in [0.15, 0.2) is 42.5 Å². The highest BCUT2D eigenvalue weighted by Crippen LogP contribution is 2.31. The van der Waals surface area contributed by atoms with Gasteiger partial charge in [0.2, 0.25) is 0 Å². The van der Waals surface area contributed by atoms with Crippen molar-refractivity contribution >= 4 is 11.9 Å². The monoisotopic (exact) mass is 357 g/mol. The zero-order valence-corrected chi connectivity index (χ0v) is 14.3. The van der Waals surface area contributed by atoms with Gasteiger partial charge >= 0.3 is 5.97 Å². The Kier molecular flexibility index (Phi) is 5.26. The number of carbonyl (C=O) groups is 2. The number of benzene rings is 2. The van der Waals surface area contributed by atoms with Gasteiger partial charge < -0.3 is 24.2 Å². The number of nitrogens with zero attached hydrogens (tertiary/aromatic N) is 1. The summed E-state index contributed by atoms with van der Waals surface area (Å²) in [7, 11) is 1.72. The number of carboxylic acid groups (broad SMARTS) is 1. The van der Waals surface area contributed by atoms with Crippen LogP contribution in [0.2, 0.25) is 0 Å². The van der Waals surface area contributed by atoms with Crippen molar-refractivity contribution in [2.24, 2.45) is 0 Å². The quantitative estimate of drug-likeness (QED) is 0.853. The number of ether oxygens (including phenoxy) is 3. The van der Waals surface area contributed by atoms with Crippen molar-refractivity contribution in [3.05, 3.63) is 53.6 Å². The fraction of sp³-hybridized carbons (Fsp3) is 0.263. The molecule has 0 saturated heterocycles. The fourth-order valence-corrected chi connectivity index (χ4v) is 2.58. The summed E-state index contributed by atoms with van der Waals surface area (Å²) in [5, 5.41) is 8.61. The molecule has 1 N–H and O–H groups in total. The summed E-state index contributed by atoms with van der Waals surface area (Å²) in [6, 6.07) is 12.1. The number of rotatable bonds is 6. The first-order chi connectivity index (χ1) is 12.5. The zero-order valence-electron chi connectivity index (χ0n) is 14.3. The highest BCUT2D eigenvalue weighted by atomic mass is 16.6. The topological polar surface area (TPSA) is 85.3 Å². The average molecular weight is 357 g/mol. The van der Waals surface area contributed by atoms with Crippen LogP contribution >= 0.6 is 0 Å². The predicted octanol–water partition coefficient (Wildman–Crippen LogP) is 2.19. The van der Waals surface area contributed by atoms with E-state index in [1.165, 1.54) is 0 Å². The van der Waals surface area contributed by atoms with Gasteiger partial charge in [0.15, 0.2) is 18.1 Å². The van der Waals surface area contributed by atoms with E-state index in [1.807, 2.05) is 0 Å². The van der Waals surface area contributed by atoms with E-state index in [0.29, 0.717) is 42.6 Å². The average Bonchev–Trinajstić information content (AvgIpc) is 2.66. The van der Waals surface area contributed by atoms with Crippen LogP contribution in [0.3, 0.4) is 0 Å².